The average molecular weight is 226 g/mol. The highest BCUT2D eigenvalue weighted by atomic mass is 16.5. The smallest absolute Gasteiger partial charge is 0.236 e. The van der Waals surface area contributed by atoms with Gasteiger partial charge in [0.25, 0.3) is 0 Å². The molecule has 0 saturated heterocycles. The van der Waals surface area contributed by atoms with Gasteiger partial charge in [-0.25, -0.2) is 0 Å². The maximum Gasteiger partial charge on any atom is 0.236 e. The maximum absolute atomic E-state index is 11.7. The van der Waals surface area contributed by atoms with Crippen molar-refractivity contribution in [1.29, 1.82) is 0 Å². The first-order valence-electron chi connectivity index (χ1n) is 5.91. The lowest BCUT2D eigenvalue weighted by molar-refractivity contribution is -0.122. The van der Waals surface area contributed by atoms with Gasteiger partial charge in [-0.15, -0.1) is 0 Å². The lowest BCUT2D eigenvalue weighted by Crippen LogP contribution is -2.46. The topological polar surface area (TPSA) is 50.4 Å². The van der Waals surface area contributed by atoms with Gasteiger partial charge < -0.3 is 15.4 Å². The molecule has 0 aliphatic heterocycles. The summed E-state index contributed by atoms with van der Waals surface area (Å²) in [5.41, 5.74) is 0. The largest absolute Gasteiger partial charge is 0.385 e. The summed E-state index contributed by atoms with van der Waals surface area (Å²) in [6.07, 6.45) is 7.23. The molecule has 2 N–H and O–H groups in total. The van der Waals surface area contributed by atoms with Crippen molar-refractivity contribution in [3.05, 3.63) is 12.2 Å². The van der Waals surface area contributed by atoms with Crippen molar-refractivity contribution in [2.24, 2.45) is 0 Å². The average Bonchev–Trinajstić information content (AvgIpc) is 2.76. The zero-order chi connectivity index (χ0) is 11.8. The third-order valence-corrected chi connectivity index (χ3v) is 2.71. The highest BCUT2D eigenvalue weighted by molar-refractivity contribution is 5.81. The Hall–Kier alpha value is -0.870. The SMILES string of the molecule is COCCCNC(=O)C(C)NC1CC=CC1. The van der Waals surface area contributed by atoms with Crippen LogP contribution in [0.2, 0.25) is 0 Å². The Morgan fingerprint density at radius 3 is 2.81 bits per heavy atom. The lowest BCUT2D eigenvalue weighted by Gasteiger charge is -2.18. The Balaban J connectivity index is 2.10. The van der Waals surface area contributed by atoms with Crippen LogP contribution in [0.15, 0.2) is 12.2 Å². The monoisotopic (exact) mass is 226 g/mol. The van der Waals surface area contributed by atoms with Crippen LogP contribution in [-0.2, 0) is 9.53 Å². The van der Waals surface area contributed by atoms with E-state index in [9.17, 15) is 4.79 Å². The molecule has 16 heavy (non-hydrogen) atoms. The Morgan fingerprint density at radius 1 is 1.50 bits per heavy atom. The zero-order valence-electron chi connectivity index (χ0n) is 10.2. The fourth-order valence-electron chi connectivity index (χ4n) is 1.76. The van der Waals surface area contributed by atoms with E-state index >= 15 is 0 Å². The molecular weight excluding hydrogens is 204 g/mol. The summed E-state index contributed by atoms with van der Waals surface area (Å²) in [4.78, 5) is 11.7. The number of methoxy groups -OCH3 is 1. The number of hydrogen-bond acceptors (Lipinski definition) is 3. The maximum atomic E-state index is 11.7. The van der Waals surface area contributed by atoms with E-state index < -0.39 is 0 Å². The van der Waals surface area contributed by atoms with Crippen LogP contribution in [0.4, 0.5) is 0 Å². The Labute approximate surface area is 97.4 Å². The van der Waals surface area contributed by atoms with Gasteiger partial charge in [-0.1, -0.05) is 12.2 Å². The molecule has 0 aromatic heterocycles. The first-order chi connectivity index (χ1) is 7.74. The lowest BCUT2D eigenvalue weighted by atomic mass is 10.2. The Bertz CT molecular complexity index is 233. The van der Waals surface area contributed by atoms with Crippen LogP contribution in [-0.4, -0.2) is 38.3 Å². The van der Waals surface area contributed by atoms with Crippen molar-refractivity contribution in [2.75, 3.05) is 20.3 Å². The van der Waals surface area contributed by atoms with Crippen LogP contribution in [0, 0.1) is 0 Å². The van der Waals surface area contributed by atoms with Crippen LogP contribution in [0.5, 0.6) is 0 Å². The number of ether oxygens (including phenoxy) is 1. The summed E-state index contributed by atoms with van der Waals surface area (Å²) in [5.74, 6) is 0.0722. The molecule has 4 heteroatoms. The van der Waals surface area contributed by atoms with Crippen molar-refractivity contribution in [1.82, 2.24) is 10.6 Å². The van der Waals surface area contributed by atoms with Crippen molar-refractivity contribution >= 4 is 5.91 Å². The van der Waals surface area contributed by atoms with Gasteiger partial charge in [0.2, 0.25) is 5.91 Å². The minimum atomic E-state index is -0.118. The van der Waals surface area contributed by atoms with Gasteiger partial charge in [0.1, 0.15) is 0 Å². The minimum Gasteiger partial charge on any atom is -0.385 e. The van der Waals surface area contributed by atoms with Crippen LogP contribution >= 0.6 is 0 Å². The van der Waals surface area contributed by atoms with Crippen molar-refractivity contribution in [3.8, 4) is 0 Å². The van der Waals surface area contributed by atoms with Gasteiger partial charge in [0.05, 0.1) is 6.04 Å². The number of carbonyl (C=O) groups is 1. The van der Waals surface area contributed by atoms with Gasteiger partial charge in [0, 0.05) is 26.3 Å². The molecule has 1 aliphatic carbocycles. The first-order valence-corrected chi connectivity index (χ1v) is 5.91. The fraction of sp³-hybridized carbons (Fsp3) is 0.750. The molecule has 0 bridgehead atoms. The minimum absolute atomic E-state index is 0.0722. The van der Waals surface area contributed by atoms with E-state index in [-0.39, 0.29) is 11.9 Å². The molecule has 0 aromatic rings. The standard InChI is InChI=1S/C12H22N2O2/c1-10(14-11-6-3-4-7-11)12(15)13-8-5-9-16-2/h3-4,10-11,14H,5-9H2,1-2H3,(H,13,15). The molecule has 1 amide bonds. The summed E-state index contributed by atoms with van der Waals surface area (Å²) < 4.78 is 4.92. The second kappa shape index (κ2) is 7.41. The van der Waals surface area contributed by atoms with Crippen molar-refractivity contribution < 1.29 is 9.53 Å². The number of nitrogens with one attached hydrogen (secondary N) is 2. The Morgan fingerprint density at radius 2 is 2.19 bits per heavy atom. The molecule has 1 aliphatic rings. The van der Waals surface area contributed by atoms with E-state index in [1.165, 1.54) is 0 Å². The fourth-order valence-corrected chi connectivity index (χ4v) is 1.76. The van der Waals surface area contributed by atoms with E-state index in [0.717, 1.165) is 19.3 Å². The molecule has 4 nitrogen and oxygen atoms in total. The normalized spacial score (nSPS) is 17.6. The molecule has 1 rings (SSSR count). The van der Waals surface area contributed by atoms with E-state index in [1.54, 1.807) is 7.11 Å². The summed E-state index contributed by atoms with van der Waals surface area (Å²) in [5, 5.41) is 6.20. The summed E-state index contributed by atoms with van der Waals surface area (Å²) in [6.45, 7) is 3.28. The van der Waals surface area contributed by atoms with Crippen LogP contribution < -0.4 is 10.6 Å². The van der Waals surface area contributed by atoms with E-state index in [0.29, 0.717) is 19.2 Å². The molecule has 1 unspecified atom stereocenters. The van der Waals surface area contributed by atoms with Crippen LogP contribution in [0.1, 0.15) is 26.2 Å². The Kier molecular flexibility index (Phi) is 6.11. The molecule has 1 atom stereocenters. The van der Waals surface area contributed by atoms with E-state index in [1.807, 2.05) is 6.92 Å². The quantitative estimate of drug-likeness (QED) is 0.499. The predicted molar refractivity (Wildman–Crippen MR) is 64.3 cm³/mol. The van der Waals surface area contributed by atoms with Crippen LogP contribution in [0.3, 0.4) is 0 Å². The first kappa shape index (κ1) is 13.2. The molecule has 0 saturated carbocycles. The predicted octanol–water partition coefficient (Wildman–Crippen LogP) is 0.836. The van der Waals surface area contributed by atoms with Gasteiger partial charge >= 0.3 is 0 Å². The van der Waals surface area contributed by atoms with Gasteiger partial charge in [-0.2, -0.15) is 0 Å². The van der Waals surface area contributed by atoms with Crippen molar-refractivity contribution in [3.63, 3.8) is 0 Å². The highest BCUT2D eigenvalue weighted by Crippen LogP contribution is 2.09. The summed E-state index contributed by atoms with van der Waals surface area (Å²) in [6, 6.07) is 0.312. The third kappa shape index (κ3) is 4.77. The molecule has 0 heterocycles. The number of hydrogen-bond donors (Lipinski definition) is 2. The number of amides is 1. The molecule has 0 radical (unpaired) electrons. The number of carbonyl (C=O) groups excluding carboxylic acids is 1. The number of rotatable bonds is 7. The van der Waals surface area contributed by atoms with E-state index in [4.69, 9.17) is 4.74 Å². The van der Waals surface area contributed by atoms with E-state index in [2.05, 4.69) is 22.8 Å². The molecular formula is C12H22N2O2. The van der Waals surface area contributed by atoms with Crippen molar-refractivity contribution in [2.45, 2.75) is 38.3 Å². The second-order valence-corrected chi connectivity index (χ2v) is 4.17. The van der Waals surface area contributed by atoms with Crippen LogP contribution in [0.25, 0.3) is 0 Å². The molecule has 0 fully saturated rings. The van der Waals surface area contributed by atoms with Gasteiger partial charge in [-0.3, -0.25) is 4.79 Å². The van der Waals surface area contributed by atoms with Gasteiger partial charge in [-0.05, 0) is 26.2 Å². The molecule has 0 spiro atoms. The highest BCUT2D eigenvalue weighted by Gasteiger charge is 2.17. The third-order valence-electron chi connectivity index (χ3n) is 2.71. The summed E-state index contributed by atoms with van der Waals surface area (Å²) >= 11 is 0. The summed E-state index contributed by atoms with van der Waals surface area (Å²) in [7, 11) is 1.67. The van der Waals surface area contributed by atoms with Gasteiger partial charge in [0.15, 0.2) is 0 Å². The zero-order valence-corrected chi connectivity index (χ0v) is 10.2. The second-order valence-electron chi connectivity index (χ2n) is 4.17. The molecule has 92 valence electrons. The molecule has 0 aromatic carbocycles.